The van der Waals surface area contributed by atoms with Gasteiger partial charge in [0.1, 0.15) is 24.3 Å². The van der Waals surface area contributed by atoms with Crippen LogP contribution in [0.25, 0.3) is 0 Å². The Labute approximate surface area is 252 Å². The number of rotatable bonds is 8. The van der Waals surface area contributed by atoms with E-state index in [2.05, 4.69) is 104 Å². The third-order valence-electron chi connectivity index (χ3n) is 7.19. The van der Waals surface area contributed by atoms with Gasteiger partial charge in [0.15, 0.2) is 11.8 Å². The van der Waals surface area contributed by atoms with Gasteiger partial charge in [0.05, 0.1) is 6.42 Å². The number of benzene rings is 2. The van der Waals surface area contributed by atoms with Crippen molar-refractivity contribution in [3.05, 3.63) is 70.8 Å². The van der Waals surface area contributed by atoms with E-state index >= 15 is 0 Å². The number of ether oxygens (including phenoxy) is 2. The minimum absolute atomic E-state index is 0. The predicted octanol–water partition coefficient (Wildman–Crippen LogP) is 2.02. The summed E-state index contributed by atoms with van der Waals surface area (Å²) in [5.41, 5.74) is 5.12. The van der Waals surface area contributed by atoms with E-state index < -0.39 is 0 Å². The van der Waals surface area contributed by atoms with Crippen LogP contribution in [-0.2, 0) is 26.0 Å². The molecular formula is C31H42Cl2N2NiO2. The molecule has 2 aliphatic heterocycles. The molecule has 212 valence electrons. The zero-order valence-electron chi connectivity index (χ0n) is 23.7. The van der Waals surface area contributed by atoms with Gasteiger partial charge in [-0.25, -0.2) is 9.98 Å². The van der Waals surface area contributed by atoms with Crippen molar-refractivity contribution in [1.82, 2.24) is 0 Å². The summed E-state index contributed by atoms with van der Waals surface area (Å²) in [6.07, 6.45) is 0.551. The molecule has 4 nitrogen and oxygen atoms in total. The first-order valence-corrected chi connectivity index (χ1v) is 13.3. The topological polar surface area (TPSA) is 43.2 Å². The second-order valence-electron chi connectivity index (χ2n) is 11.4. The molecule has 0 saturated carbocycles. The predicted molar refractivity (Wildman–Crippen MR) is 145 cm³/mol. The summed E-state index contributed by atoms with van der Waals surface area (Å²) >= 11 is 0. The zero-order chi connectivity index (χ0) is 25.3. The molecule has 7 heteroatoms. The summed E-state index contributed by atoms with van der Waals surface area (Å²) < 4.78 is 12.9. The molecule has 2 aromatic rings. The molecular weight excluding hydrogens is 562 g/mol. The Morgan fingerprint density at radius 2 is 1.00 bits per heavy atom. The van der Waals surface area contributed by atoms with Crippen molar-refractivity contribution in [2.24, 2.45) is 21.8 Å². The van der Waals surface area contributed by atoms with E-state index in [4.69, 9.17) is 19.5 Å². The van der Waals surface area contributed by atoms with E-state index in [1.807, 2.05) is 0 Å². The second kappa shape index (κ2) is 14.7. The molecule has 4 rings (SSSR count). The maximum atomic E-state index is 6.43. The van der Waals surface area contributed by atoms with E-state index in [1.54, 1.807) is 0 Å². The average Bonchev–Trinajstić information content (AvgIpc) is 3.44. The standard InChI is InChI=1S/C31H42N2O2.2ClH.Ni/c1-18(2)22-11-9-13-24(15-22)28-30(20(5)6)34-26(32-28)17-27-33-29(31(35-27)21(7)8)25-14-10-12-23(16-25)19(3)4;;;/h9-16,18-21,28-31H,17H2,1-8H3;2*1H;/q;;;+2/p-2/t28-,29-,30?,31?;;;/m1.../s1. The maximum Gasteiger partial charge on any atom is 2.00 e. The first-order chi connectivity index (χ1) is 16.6. The molecule has 2 aromatic carbocycles. The molecule has 2 aliphatic rings. The smallest absolute Gasteiger partial charge is 1.00 e. The van der Waals surface area contributed by atoms with Gasteiger partial charge < -0.3 is 34.3 Å². The van der Waals surface area contributed by atoms with Crippen LogP contribution in [0.2, 0.25) is 0 Å². The number of hydrogen-bond donors (Lipinski definition) is 0. The zero-order valence-corrected chi connectivity index (χ0v) is 26.2. The fourth-order valence-electron chi connectivity index (χ4n) is 5.00. The molecule has 0 bridgehead atoms. The average molecular weight is 604 g/mol. The minimum Gasteiger partial charge on any atom is -1.00 e. The van der Waals surface area contributed by atoms with E-state index in [1.165, 1.54) is 22.3 Å². The Kier molecular flexibility index (Phi) is 13.4. The van der Waals surface area contributed by atoms with E-state index in [-0.39, 0.29) is 65.6 Å². The summed E-state index contributed by atoms with van der Waals surface area (Å²) in [4.78, 5) is 10.1. The van der Waals surface area contributed by atoms with Crippen LogP contribution in [0, 0.1) is 11.8 Å². The largest absolute Gasteiger partial charge is 2.00 e. The van der Waals surface area contributed by atoms with Crippen LogP contribution >= 0.6 is 0 Å². The monoisotopic (exact) mass is 602 g/mol. The fraction of sp³-hybridized carbons (Fsp3) is 0.548. The molecule has 38 heavy (non-hydrogen) atoms. The molecule has 0 fully saturated rings. The summed E-state index contributed by atoms with van der Waals surface area (Å²) in [7, 11) is 0. The van der Waals surface area contributed by atoms with Gasteiger partial charge in [-0.05, 0) is 45.9 Å². The van der Waals surface area contributed by atoms with Crippen LogP contribution in [0.15, 0.2) is 58.5 Å². The van der Waals surface area contributed by atoms with E-state index in [0.29, 0.717) is 30.1 Å². The van der Waals surface area contributed by atoms with Gasteiger partial charge in [0, 0.05) is 0 Å². The van der Waals surface area contributed by atoms with Crippen molar-refractivity contribution in [2.45, 2.75) is 97.9 Å². The Balaban J connectivity index is 0.00000241. The van der Waals surface area contributed by atoms with Gasteiger partial charge in [0.2, 0.25) is 0 Å². The minimum atomic E-state index is 0. The van der Waals surface area contributed by atoms with Crippen LogP contribution in [0.3, 0.4) is 0 Å². The molecule has 0 N–H and O–H groups in total. The quantitative estimate of drug-likeness (QED) is 0.434. The Morgan fingerprint density at radius 1 is 0.632 bits per heavy atom. The van der Waals surface area contributed by atoms with Crippen LogP contribution in [-0.4, -0.2) is 24.0 Å². The first-order valence-electron chi connectivity index (χ1n) is 13.3. The van der Waals surface area contributed by atoms with Gasteiger partial charge >= 0.3 is 16.5 Å². The molecule has 0 amide bonds. The number of halogens is 2. The number of nitrogens with zero attached hydrogens (tertiary/aromatic N) is 2. The summed E-state index contributed by atoms with van der Waals surface area (Å²) in [5.74, 6) is 3.15. The maximum absolute atomic E-state index is 6.43. The van der Waals surface area contributed by atoms with Crippen LogP contribution in [0.5, 0.6) is 0 Å². The van der Waals surface area contributed by atoms with Crippen molar-refractivity contribution >= 4 is 11.8 Å². The van der Waals surface area contributed by atoms with E-state index in [0.717, 1.165) is 11.8 Å². The normalized spacial score (nSPS) is 22.3. The summed E-state index contributed by atoms with van der Waals surface area (Å²) in [5, 5.41) is 0. The number of hydrogen-bond acceptors (Lipinski definition) is 4. The molecule has 0 saturated heterocycles. The first kappa shape index (κ1) is 34.5. The van der Waals surface area contributed by atoms with Crippen molar-refractivity contribution in [3.8, 4) is 0 Å². The molecule has 2 unspecified atom stereocenters. The van der Waals surface area contributed by atoms with Crippen molar-refractivity contribution in [3.63, 3.8) is 0 Å². The van der Waals surface area contributed by atoms with Crippen LogP contribution in [0.4, 0.5) is 0 Å². The van der Waals surface area contributed by atoms with Gasteiger partial charge in [-0.2, -0.15) is 0 Å². The molecule has 4 atom stereocenters. The van der Waals surface area contributed by atoms with Gasteiger partial charge in [-0.1, -0.05) is 104 Å². The molecule has 0 aliphatic carbocycles. The third kappa shape index (κ3) is 7.77. The Hall–Kier alpha value is -1.55. The molecule has 0 spiro atoms. The summed E-state index contributed by atoms with van der Waals surface area (Å²) in [6, 6.07) is 17.6. The summed E-state index contributed by atoms with van der Waals surface area (Å²) in [6.45, 7) is 17.7. The van der Waals surface area contributed by atoms with Crippen molar-refractivity contribution < 1.29 is 50.8 Å². The van der Waals surface area contributed by atoms with Gasteiger partial charge in [-0.3, -0.25) is 0 Å². The van der Waals surface area contributed by atoms with Gasteiger partial charge in [-0.15, -0.1) is 0 Å². The fourth-order valence-corrected chi connectivity index (χ4v) is 5.00. The molecule has 0 radical (unpaired) electrons. The molecule has 0 aromatic heterocycles. The molecule has 2 heterocycles. The Bertz CT molecular complexity index is 1020. The Morgan fingerprint density at radius 3 is 1.32 bits per heavy atom. The SMILES string of the molecule is CC(C)c1cccc([C@H]2N=C(CC3=N[C@H](c4cccc(C(C)C)c4)C(C(C)C)O3)OC2C(C)C)c1.[Cl-].[Cl-].[Ni+2]. The van der Waals surface area contributed by atoms with Crippen LogP contribution in [0.1, 0.15) is 108 Å². The second-order valence-corrected chi connectivity index (χ2v) is 11.4. The van der Waals surface area contributed by atoms with Crippen molar-refractivity contribution in [1.29, 1.82) is 0 Å². The van der Waals surface area contributed by atoms with Gasteiger partial charge in [0.25, 0.3) is 0 Å². The van der Waals surface area contributed by atoms with E-state index in [9.17, 15) is 0 Å². The number of aliphatic imine (C=N–C) groups is 2. The van der Waals surface area contributed by atoms with Crippen LogP contribution < -0.4 is 24.8 Å². The third-order valence-corrected chi connectivity index (χ3v) is 7.19. The van der Waals surface area contributed by atoms with Crippen molar-refractivity contribution in [2.75, 3.05) is 0 Å².